The molecule has 122 valence electrons. The molecule has 0 unspecified atom stereocenters. The Kier molecular flexibility index (Phi) is 4.04. The number of aryl methyl sites for hydroxylation is 1. The fraction of sp³-hybridized carbons (Fsp3) is 0.111. The number of aliphatic carboxylic acids is 1. The van der Waals surface area contributed by atoms with Crippen molar-refractivity contribution in [1.29, 1.82) is 0 Å². The summed E-state index contributed by atoms with van der Waals surface area (Å²) in [7, 11) is 0. The van der Waals surface area contributed by atoms with E-state index in [1.54, 1.807) is 31.2 Å². The Balaban J connectivity index is 2.09. The van der Waals surface area contributed by atoms with Gasteiger partial charge in [0.15, 0.2) is 5.76 Å². The quantitative estimate of drug-likeness (QED) is 0.700. The normalized spacial score (nSPS) is 10.8. The molecule has 0 atom stereocenters. The number of fused-ring (bicyclic) bond motifs is 1. The smallest absolute Gasteiger partial charge is 0.322 e. The Morgan fingerprint density at radius 3 is 2.67 bits per heavy atom. The standard InChI is InChI=1S/C18H14FNO4/c1-10-6-7-11(8-13(10)19)17(23)18-16(20-9-15(21)22)12-4-2-3-5-14(12)24-18/h2-8,20H,9H2,1H3,(H,21,22). The average Bonchev–Trinajstić information content (AvgIpc) is 2.93. The van der Waals surface area contributed by atoms with Crippen LogP contribution in [0.5, 0.6) is 0 Å². The second-order valence-corrected chi connectivity index (χ2v) is 5.34. The Labute approximate surface area is 136 Å². The highest BCUT2D eigenvalue weighted by Gasteiger charge is 2.22. The molecule has 2 N–H and O–H groups in total. The highest BCUT2D eigenvalue weighted by atomic mass is 19.1. The lowest BCUT2D eigenvalue weighted by molar-refractivity contribution is -0.134. The van der Waals surface area contributed by atoms with Crippen LogP contribution in [0.3, 0.4) is 0 Å². The summed E-state index contributed by atoms with van der Waals surface area (Å²) < 4.78 is 19.3. The van der Waals surface area contributed by atoms with Gasteiger partial charge < -0.3 is 14.8 Å². The molecular weight excluding hydrogens is 313 g/mol. The largest absolute Gasteiger partial charge is 0.480 e. The minimum atomic E-state index is -1.07. The summed E-state index contributed by atoms with van der Waals surface area (Å²) in [5, 5.41) is 12.2. The van der Waals surface area contributed by atoms with Crippen molar-refractivity contribution in [3.63, 3.8) is 0 Å². The van der Waals surface area contributed by atoms with Gasteiger partial charge in [0.2, 0.25) is 5.78 Å². The monoisotopic (exact) mass is 327 g/mol. The van der Waals surface area contributed by atoms with Crippen molar-refractivity contribution >= 4 is 28.4 Å². The number of nitrogens with one attached hydrogen (secondary N) is 1. The Morgan fingerprint density at radius 2 is 1.96 bits per heavy atom. The number of furan rings is 1. The SMILES string of the molecule is Cc1ccc(C(=O)c2oc3ccccc3c2NCC(=O)O)cc1F. The van der Waals surface area contributed by atoms with Crippen molar-refractivity contribution in [3.8, 4) is 0 Å². The van der Waals surface area contributed by atoms with Gasteiger partial charge in [-0.2, -0.15) is 0 Å². The number of carbonyl (C=O) groups excluding carboxylic acids is 1. The zero-order chi connectivity index (χ0) is 17.3. The molecule has 5 nitrogen and oxygen atoms in total. The van der Waals surface area contributed by atoms with Crippen LogP contribution in [0.25, 0.3) is 11.0 Å². The summed E-state index contributed by atoms with van der Waals surface area (Å²) in [5.41, 5.74) is 1.30. The van der Waals surface area contributed by atoms with Crippen LogP contribution in [0.2, 0.25) is 0 Å². The first-order chi connectivity index (χ1) is 11.5. The van der Waals surface area contributed by atoms with Crippen LogP contribution in [0.1, 0.15) is 21.7 Å². The van der Waals surface area contributed by atoms with Gasteiger partial charge in [0.25, 0.3) is 0 Å². The Bertz CT molecular complexity index is 945. The number of carbonyl (C=O) groups is 2. The van der Waals surface area contributed by atoms with E-state index >= 15 is 0 Å². The van der Waals surface area contributed by atoms with Gasteiger partial charge in [-0.25, -0.2) is 4.39 Å². The predicted molar refractivity (Wildman–Crippen MR) is 86.9 cm³/mol. The molecule has 0 aliphatic heterocycles. The lowest BCUT2D eigenvalue weighted by Crippen LogP contribution is -2.14. The van der Waals surface area contributed by atoms with E-state index in [0.29, 0.717) is 22.2 Å². The summed E-state index contributed by atoms with van der Waals surface area (Å²) >= 11 is 0. The fourth-order valence-electron chi connectivity index (χ4n) is 2.41. The summed E-state index contributed by atoms with van der Waals surface area (Å²) in [6.07, 6.45) is 0. The van der Waals surface area contributed by atoms with E-state index in [0.717, 1.165) is 6.07 Å². The maximum Gasteiger partial charge on any atom is 0.322 e. The molecule has 0 radical (unpaired) electrons. The number of para-hydroxylation sites is 1. The van der Waals surface area contributed by atoms with Crippen molar-refractivity contribution in [1.82, 2.24) is 0 Å². The molecular formula is C18H14FNO4. The molecule has 0 spiro atoms. The second-order valence-electron chi connectivity index (χ2n) is 5.34. The van der Waals surface area contributed by atoms with Gasteiger partial charge in [-0.1, -0.05) is 24.3 Å². The second kappa shape index (κ2) is 6.16. The molecule has 0 aliphatic rings. The Morgan fingerprint density at radius 1 is 1.21 bits per heavy atom. The predicted octanol–water partition coefficient (Wildman–Crippen LogP) is 3.61. The summed E-state index contributed by atoms with van der Waals surface area (Å²) in [6.45, 7) is 1.23. The number of hydrogen-bond donors (Lipinski definition) is 2. The van der Waals surface area contributed by atoms with Crippen molar-refractivity contribution in [3.05, 3.63) is 65.2 Å². The van der Waals surface area contributed by atoms with Crippen LogP contribution in [0.4, 0.5) is 10.1 Å². The van der Waals surface area contributed by atoms with Crippen LogP contribution >= 0.6 is 0 Å². The summed E-state index contributed by atoms with van der Waals surface area (Å²) in [4.78, 5) is 23.5. The Hall–Kier alpha value is -3.15. The van der Waals surface area contributed by atoms with E-state index in [1.165, 1.54) is 12.1 Å². The number of benzene rings is 2. The number of anilines is 1. The average molecular weight is 327 g/mol. The molecule has 3 rings (SSSR count). The fourth-order valence-corrected chi connectivity index (χ4v) is 2.41. The maximum atomic E-state index is 13.7. The molecule has 0 fully saturated rings. The summed E-state index contributed by atoms with van der Waals surface area (Å²) in [6, 6.07) is 11.1. The van der Waals surface area contributed by atoms with Crippen molar-refractivity contribution in [2.24, 2.45) is 0 Å². The topological polar surface area (TPSA) is 79.5 Å². The lowest BCUT2D eigenvalue weighted by atomic mass is 10.0. The number of carboxylic acids is 1. The molecule has 0 aliphatic carbocycles. The van der Waals surface area contributed by atoms with E-state index in [1.807, 2.05) is 0 Å². The number of hydrogen-bond acceptors (Lipinski definition) is 4. The number of ketones is 1. The van der Waals surface area contributed by atoms with Gasteiger partial charge in [0.1, 0.15) is 17.9 Å². The van der Waals surface area contributed by atoms with Crippen LogP contribution in [-0.4, -0.2) is 23.4 Å². The van der Waals surface area contributed by atoms with Crippen molar-refractivity contribution in [2.75, 3.05) is 11.9 Å². The van der Waals surface area contributed by atoms with Crippen LogP contribution in [0, 0.1) is 12.7 Å². The summed E-state index contributed by atoms with van der Waals surface area (Å²) in [5.74, 6) is -2.12. The third-order valence-corrected chi connectivity index (χ3v) is 3.65. The first-order valence-corrected chi connectivity index (χ1v) is 7.25. The molecule has 0 saturated carbocycles. The highest BCUT2D eigenvalue weighted by Crippen LogP contribution is 2.32. The first kappa shape index (κ1) is 15.7. The van der Waals surface area contributed by atoms with Gasteiger partial charge in [-0.3, -0.25) is 9.59 Å². The number of rotatable bonds is 5. The lowest BCUT2D eigenvalue weighted by Gasteiger charge is -2.05. The van der Waals surface area contributed by atoms with E-state index in [4.69, 9.17) is 9.52 Å². The number of halogens is 1. The molecule has 24 heavy (non-hydrogen) atoms. The van der Waals surface area contributed by atoms with Crippen molar-refractivity contribution < 1.29 is 23.5 Å². The zero-order valence-electron chi connectivity index (χ0n) is 12.8. The molecule has 6 heteroatoms. The first-order valence-electron chi connectivity index (χ1n) is 7.25. The minimum Gasteiger partial charge on any atom is -0.480 e. The van der Waals surface area contributed by atoms with E-state index in [2.05, 4.69) is 5.32 Å². The van der Waals surface area contributed by atoms with Crippen LogP contribution in [0.15, 0.2) is 46.9 Å². The van der Waals surface area contributed by atoms with Gasteiger partial charge in [0, 0.05) is 10.9 Å². The van der Waals surface area contributed by atoms with Crippen LogP contribution < -0.4 is 5.32 Å². The molecule has 1 aromatic heterocycles. The highest BCUT2D eigenvalue weighted by molar-refractivity contribution is 6.15. The third-order valence-electron chi connectivity index (χ3n) is 3.65. The van der Waals surface area contributed by atoms with E-state index in [-0.39, 0.29) is 17.9 Å². The minimum absolute atomic E-state index is 0.0410. The van der Waals surface area contributed by atoms with E-state index in [9.17, 15) is 14.0 Å². The van der Waals surface area contributed by atoms with Gasteiger partial charge in [-0.15, -0.1) is 0 Å². The van der Waals surface area contributed by atoms with Gasteiger partial charge in [-0.05, 0) is 30.7 Å². The van der Waals surface area contributed by atoms with Crippen molar-refractivity contribution in [2.45, 2.75) is 6.92 Å². The molecule has 0 amide bonds. The number of carboxylic acid groups (broad SMARTS) is 1. The van der Waals surface area contributed by atoms with E-state index < -0.39 is 17.6 Å². The third kappa shape index (κ3) is 2.86. The molecule has 3 aromatic rings. The zero-order valence-corrected chi connectivity index (χ0v) is 12.8. The molecule has 0 saturated heterocycles. The molecule has 0 bridgehead atoms. The maximum absolute atomic E-state index is 13.7. The van der Waals surface area contributed by atoms with Gasteiger partial charge in [0.05, 0.1) is 5.69 Å². The van der Waals surface area contributed by atoms with Crippen LogP contribution in [-0.2, 0) is 4.79 Å². The molecule has 1 heterocycles. The van der Waals surface area contributed by atoms with Gasteiger partial charge >= 0.3 is 5.97 Å². The molecule has 2 aromatic carbocycles.